The minimum atomic E-state index is 0.700. The molecule has 1 aliphatic rings. The van der Waals surface area contributed by atoms with Crippen molar-refractivity contribution in [2.24, 2.45) is 0 Å². The van der Waals surface area contributed by atoms with Crippen LogP contribution in [0.4, 0.5) is 0 Å². The summed E-state index contributed by atoms with van der Waals surface area (Å²) >= 11 is 0. The molecule has 3 heterocycles. The zero-order chi connectivity index (χ0) is 29.7. The first-order valence-electron chi connectivity index (χ1n) is 15.0. The number of hydrogen-bond donors (Lipinski definition) is 0. The van der Waals surface area contributed by atoms with Crippen molar-refractivity contribution in [2.75, 3.05) is 0 Å². The summed E-state index contributed by atoms with van der Waals surface area (Å²) in [5.74, 6) is 2.85. The summed E-state index contributed by atoms with van der Waals surface area (Å²) in [6.07, 6.45) is 0. The second-order valence-electron chi connectivity index (χ2n) is 11.2. The molecule has 9 rings (SSSR count). The van der Waals surface area contributed by atoms with Crippen molar-refractivity contribution in [3.8, 4) is 62.3 Å². The van der Waals surface area contributed by atoms with Crippen LogP contribution < -0.4 is 9.47 Å². The molecule has 0 bridgehead atoms. The third kappa shape index (κ3) is 4.35. The van der Waals surface area contributed by atoms with Crippen LogP contribution in [0.5, 0.6) is 23.0 Å². The standard InChI is InChI=1S/C41H26N2O2/c1-3-12-27(13-4-1)30-23-34(28-14-5-2-6-15-28)42-35(24-30)29-16-11-17-31(22-29)43-36-19-8-7-18-32(36)33-25-40-41(26-37(33)43)45-39-21-10-9-20-38(39)44-40/h1-26H. The van der Waals surface area contributed by atoms with Crippen molar-refractivity contribution < 1.29 is 9.47 Å². The second-order valence-corrected chi connectivity index (χ2v) is 11.2. The Labute approximate surface area is 260 Å². The highest BCUT2D eigenvalue weighted by molar-refractivity contribution is 6.10. The monoisotopic (exact) mass is 578 g/mol. The molecule has 1 aliphatic heterocycles. The van der Waals surface area contributed by atoms with Crippen LogP contribution in [-0.4, -0.2) is 9.55 Å². The first-order valence-corrected chi connectivity index (χ1v) is 15.0. The highest BCUT2D eigenvalue weighted by atomic mass is 16.6. The number of hydrogen-bond acceptors (Lipinski definition) is 3. The van der Waals surface area contributed by atoms with Crippen LogP contribution in [0, 0.1) is 0 Å². The van der Waals surface area contributed by atoms with Gasteiger partial charge < -0.3 is 14.0 Å². The summed E-state index contributed by atoms with van der Waals surface area (Å²) < 4.78 is 14.9. The summed E-state index contributed by atoms with van der Waals surface area (Å²) in [5.41, 5.74) is 9.48. The molecule has 0 saturated carbocycles. The van der Waals surface area contributed by atoms with E-state index < -0.39 is 0 Å². The molecular weight excluding hydrogens is 552 g/mol. The third-order valence-electron chi connectivity index (χ3n) is 8.43. The van der Waals surface area contributed by atoms with Crippen molar-refractivity contribution >= 4 is 21.8 Å². The lowest BCUT2D eigenvalue weighted by Crippen LogP contribution is -2.00. The largest absolute Gasteiger partial charge is 0.449 e. The quantitative estimate of drug-likeness (QED) is 0.208. The molecule has 0 radical (unpaired) electrons. The smallest absolute Gasteiger partial charge is 0.172 e. The lowest BCUT2D eigenvalue weighted by molar-refractivity contribution is 0.360. The Morgan fingerprint density at radius 1 is 0.378 bits per heavy atom. The van der Waals surface area contributed by atoms with Gasteiger partial charge in [-0.2, -0.15) is 0 Å². The van der Waals surface area contributed by atoms with Crippen LogP contribution in [0.1, 0.15) is 0 Å². The molecule has 0 amide bonds. The van der Waals surface area contributed by atoms with Crippen LogP contribution in [0.25, 0.3) is 61.1 Å². The van der Waals surface area contributed by atoms with Crippen LogP contribution in [0.2, 0.25) is 0 Å². The van der Waals surface area contributed by atoms with E-state index in [1.54, 1.807) is 0 Å². The summed E-state index contributed by atoms with van der Waals surface area (Å²) in [6, 6.07) is 54.3. The Kier molecular flexibility index (Phi) is 5.78. The lowest BCUT2D eigenvalue weighted by Gasteiger charge is -2.20. The van der Waals surface area contributed by atoms with E-state index in [1.165, 1.54) is 0 Å². The van der Waals surface area contributed by atoms with Crippen molar-refractivity contribution in [2.45, 2.75) is 0 Å². The lowest BCUT2D eigenvalue weighted by atomic mass is 10.00. The van der Waals surface area contributed by atoms with Gasteiger partial charge in [0.2, 0.25) is 0 Å². The van der Waals surface area contributed by atoms with E-state index in [0.717, 1.165) is 66.9 Å². The number of benzene rings is 6. The molecule has 0 fully saturated rings. The van der Waals surface area contributed by atoms with Gasteiger partial charge in [0.25, 0.3) is 0 Å². The maximum Gasteiger partial charge on any atom is 0.172 e. The van der Waals surface area contributed by atoms with E-state index in [9.17, 15) is 0 Å². The molecule has 0 spiro atoms. The SMILES string of the molecule is c1ccc(-c2cc(-c3ccccc3)nc(-c3cccc(-n4c5ccccc5c5cc6c(cc54)Oc4ccccc4O6)c3)c2)cc1. The van der Waals surface area contributed by atoms with Crippen LogP contribution in [0.15, 0.2) is 158 Å². The zero-order valence-electron chi connectivity index (χ0n) is 24.2. The fourth-order valence-electron chi connectivity index (χ4n) is 6.31. The maximum atomic E-state index is 6.33. The van der Waals surface area contributed by atoms with E-state index in [-0.39, 0.29) is 0 Å². The Balaban J connectivity index is 1.23. The molecule has 0 atom stereocenters. The molecule has 0 saturated heterocycles. The van der Waals surface area contributed by atoms with Gasteiger partial charge in [0.15, 0.2) is 23.0 Å². The van der Waals surface area contributed by atoms with E-state index in [0.29, 0.717) is 17.2 Å². The average molecular weight is 579 g/mol. The van der Waals surface area contributed by atoms with E-state index in [2.05, 4.69) is 126 Å². The summed E-state index contributed by atoms with van der Waals surface area (Å²) in [6.45, 7) is 0. The zero-order valence-corrected chi connectivity index (χ0v) is 24.2. The molecule has 6 aromatic carbocycles. The summed E-state index contributed by atoms with van der Waals surface area (Å²) in [7, 11) is 0. The summed E-state index contributed by atoms with van der Waals surface area (Å²) in [5, 5.41) is 2.26. The number of para-hydroxylation sites is 3. The Bertz CT molecular complexity index is 2320. The van der Waals surface area contributed by atoms with Gasteiger partial charge in [-0.1, -0.05) is 103 Å². The molecule has 8 aromatic rings. The van der Waals surface area contributed by atoms with Crippen molar-refractivity contribution in [1.29, 1.82) is 0 Å². The normalized spacial score (nSPS) is 11.9. The predicted molar refractivity (Wildman–Crippen MR) is 181 cm³/mol. The minimum Gasteiger partial charge on any atom is -0.449 e. The predicted octanol–water partition coefficient (Wildman–Crippen LogP) is 11.1. The van der Waals surface area contributed by atoms with E-state index in [1.807, 2.05) is 36.4 Å². The first-order chi connectivity index (χ1) is 22.3. The van der Waals surface area contributed by atoms with E-state index in [4.69, 9.17) is 14.5 Å². The number of rotatable bonds is 4. The second kappa shape index (κ2) is 10.2. The fraction of sp³-hybridized carbons (Fsp3) is 0. The van der Waals surface area contributed by atoms with Crippen molar-refractivity contribution in [3.63, 3.8) is 0 Å². The van der Waals surface area contributed by atoms with E-state index >= 15 is 0 Å². The minimum absolute atomic E-state index is 0.700. The molecule has 0 unspecified atom stereocenters. The molecule has 2 aromatic heterocycles. The van der Waals surface area contributed by atoms with Gasteiger partial charge in [-0.15, -0.1) is 0 Å². The van der Waals surface area contributed by atoms with Gasteiger partial charge in [0.1, 0.15) is 0 Å². The van der Waals surface area contributed by atoms with Gasteiger partial charge in [-0.25, -0.2) is 4.98 Å². The maximum absolute atomic E-state index is 6.33. The highest BCUT2D eigenvalue weighted by Gasteiger charge is 2.22. The van der Waals surface area contributed by atoms with Gasteiger partial charge in [-0.3, -0.25) is 0 Å². The van der Waals surface area contributed by atoms with Gasteiger partial charge >= 0.3 is 0 Å². The summed E-state index contributed by atoms with van der Waals surface area (Å²) in [4.78, 5) is 5.18. The van der Waals surface area contributed by atoms with Crippen LogP contribution >= 0.6 is 0 Å². The van der Waals surface area contributed by atoms with Crippen molar-refractivity contribution in [3.05, 3.63) is 158 Å². The van der Waals surface area contributed by atoms with Crippen LogP contribution in [0.3, 0.4) is 0 Å². The Morgan fingerprint density at radius 2 is 0.978 bits per heavy atom. The molecule has 4 nitrogen and oxygen atoms in total. The number of ether oxygens (including phenoxy) is 2. The number of fused-ring (bicyclic) bond motifs is 5. The molecule has 45 heavy (non-hydrogen) atoms. The van der Waals surface area contributed by atoms with Crippen LogP contribution in [-0.2, 0) is 0 Å². The molecule has 212 valence electrons. The molecular formula is C41H26N2O2. The Hall–Kier alpha value is -6.13. The Morgan fingerprint density at radius 3 is 1.73 bits per heavy atom. The third-order valence-corrected chi connectivity index (χ3v) is 8.43. The fourth-order valence-corrected chi connectivity index (χ4v) is 6.31. The number of aromatic nitrogens is 2. The molecule has 4 heteroatoms. The van der Waals surface area contributed by atoms with Gasteiger partial charge in [-0.05, 0) is 59.7 Å². The van der Waals surface area contributed by atoms with Crippen molar-refractivity contribution in [1.82, 2.24) is 9.55 Å². The number of pyridine rings is 1. The first kappa shape index (κ1) is 25.4. The topological polar surface area (TPSA) is 36.3 Å². The molecule has 0 N–H and O–H groups in total. The average Bonchev–Trinajstić information content (AvgIpc) is 3.43. The van der Waals surface area contributed by atoms with Gasteiger partial charge in [0, 0.05) is 33.7 Å². The number of nitrogens with zero attached hydrogens (tertiary/aromatic N) is 2. The van der Waals surface area contributed by atoms with Gasteiger partial charge in [0.05, 0.1) is 22.4 Å². The molecule has 0 aliphatic carbocycles. The highest BCUT2D eigenvalue weighted by Crippen LogP contribution is 2.48.